The van der Waals surface area contributed by atoms with Gasteiger partial charge in [0, 0.05) is 9.77 Å². The van der Waals surface area contributed by atoms with E-state index < -0.39 is 27.5 Å². The van der Waals surface area contributed by atoms with Gasteiger partial charge in [0.1, 0.15) is 4.91 Å². The van der Waals surface area contributed by atoms with Crippen LogP contribution in [0, 0.1) is 6.92 Å². The number of aryl methyl sites for hydroxylation is 1. The summed E-state index contributed by atoms with van der Waals surface area (Å²) in [6, 6.07) is 16.7. The molecule has 31 heavy (non-hydrogen) atoms. The molecule has 160 valence electrons. The molecule has 1 aromatic heterocycles. The van der Waals surface area contributed by atoms with Crippen LogP contribution in [0.5, 0.6) is 0 Å². The predicted molar refractivity (Wildman–Crippen MR) is 124 cm³/mol. The monoisotopic (exact) mass is 471 g/mol. The van der Waals surface area contributed by atoms with Crippen molar-refractivity contribution in [1.82, 2.24) is 4.90 Å². The van der Waals surface area contributed by atoms with Crippen molar-refractivity contribution in [2.45, 2.75) is 29.3 Å². The molecule has 0 aliphatic carbocycles. The highest BCUT2D eigenvalue weighted by Gasteiger charge is 2.46. The van der Waals surface area contributed by atoms with Crippen molar-refractivity contribution in [2.24, 2.45) is 0 Å². The molecule has 1 atom stereocenters. The summed E-state index contributed by atoms with van der Waals surface area (Å²) in [6.45, 7) is 2.08. The first-order chi connectivity index (χ1) is 14.8. The normalized spacial score (nSPS) is 16.9. The summed E-state index contributed by atoms with van der Waals surface area (Å²) in [7, 11) is -4.10. The van der Waals surface area contributed by atoms with Gasteiger partial charge in [-0.3, -0.25) is 4.79 Å². The van der Waals surface area contributed by atoms with Crippen molar-refractivity contribution in [1.29, 1.82) is 0 Å². The Balaban J connectivity index is 1.85. The van der Waals surface area contributed by atoms with Gasteiger partial charge in [0.05, 0.1) is 17.5 Å². The van der Waals surface area contributed by atoms with Crippen molar-refractivity contribution in [3.63, 3.8) is 0 Å². The SMILES string of the molecule is CSc1ccc([C@H]2C(S(=O)(=O)c3ccc(C)cc3)=C(O)C(=O)N2Cc2cccs2)cc1. The molecule has 0 unspecified atom stereocenters. The van der Waals surface area contributed by atoms with Crippen molar-refractivity contribution in [3.8, 4) is 0 Å². The van der Waals surface area contributed by atoms with E-state index in [1.54, 1.807) is 23.9 Å². The number of amides is 1. The van der Waals surface area contributed by atoms with Gasteiger partial charge in [0.25, 0.3) is 5.91 Å². The van der Waals surface area contributed by atoms with Crippen LogP contribution in [0.1, 0.15) is 22.0 Å². The first-order valence-corrected chi connectivity index (χ1v) is 13.1. The summed E-state index contributed by atoms with van der Waals surface area (Å²) in [5, 5.41) is 12.6. The number of benzene rings is 2. The van der Waals surface area contributed by atoms with Gasteiger partial charge in [-0.15, -0.1) is 23.1 Å². The molecule has 3 aromatic rings. The van der Waals surface area contributed by atoms with Crippen LogP contribution < -0.4 is 0 Å². The van der Waals surface area contributed by atoms with Gasteiger partial charge in [0.15, 0.2) is 5.76 Å². The van der Waals surface area contributed by atoms with Crippen LogP contribution in [0.2, 0.25) is 0 Å². The summed E-state index contributed by atoms with van der Waals surface area (Å²) >= 11 is 3.05. The number of thioether (sulfide) groups is 1. The highest BCUT2D eigenvalue weighted by atomic mass is 32.2. The lowest BCUT2D eigenvalue weighted by Crippen LogP contribution is -2.30. The second kappa shape index (κ2) is 8.53. The van der Waals surface area contributed by atoms with E-state index in [4.69, 9.17) is 0 Å². The van der Waals surface area contributed by atoms with E-state index >= 15 is 0 Å². The van der Waals surface area contributed by atoms with Crippen LogP contribution in [-0.4, -0.2) is 30.6 Å². The van der Waals surface area contributed by atoms with Gasteiger partial charge < -0.3 is 10.0 Å². The fourth-order valence-electron chi connectivity index (χ4n) is 3.60. The molecule has 2 aromatic carbocycles. The van der Waals surface area contributed by atoms with Gasteiger partial charge in [0.2, 0.25) is 9.84 Å². The Bertz CT molecular complexity index is 1230. The minimum atomic E-state index is -4.10. The molecule has 0 radical (unpaired) electrons. The molecule has 1 amide bonds. The molecular formula is C23H21NO4S3. The number of carbonyl (C=O) groups excluding carboxylic acids is 1. The van der Waals surface area contributed by atoms with E-state index in [2.05, 4.69) is 0 Å². The molecule has 0 fully saturated rings. The first-order valence-electron chi connectivity index (χ1n) is 9.55. The van der Waals surface area contributed by atoms with Crippen LogP contribution in [0.15, 0.2) is 86.5 Å². The van der Waals surface area contributed by atoms with Gasteiger partial charge in [-0.2, -0.15) is 0 Å². The summed E-state index contributed by atoms with van der Waals surface area (Å²) in [5.41, 5.74) is 1.56. The molecule has 0 saturated heterocycles. The third kappa shape index (κ3) is 4.03. The van der Waals surface area contributed by atoms with Gasteiger partial charge in [-0.05, 0) is 54.5 Å². The molecule has 1 N–H and O–H groups in total. The van der Waals surface area contributed by atoms with Crippen LogP contribution >= 0.6 is 23.1 Å². The Labute approximate surface area is 190 Å². The number of aliphatic hydroxyl groups is 1. The van der Waals surface area contributed by atoms with Gasteiger partial charge in [-0.1, -0.05) is 35.9 Å². The minimum Gasteiger partial charge on any atom is -0.502 e. The van der Waals surface area contributed by atoms with Crippen LogP contribution in [-0.2, 0) is 21.2 Å². The summed E-state index contributed by atoms with van der Waals surface area (Å²) < 4.78 is 27.1. The Kier molecular flexibility index (Phi) is 5.96. The lowest BCUT2D eigenvalue weighted by molar-refractivity contribution is -0.130. The Morgan fingerprint density at radius 3 is 2.32 bits per heavy atom. The summed E-state index contributed by atoms with van der Waals surface area (Å²) in [4.78, 5) is 16.2. The van der Waals surface area contributed by atoms with E-state index in [0.29, 0.717) is 5.56 Å². The topological polar surface area (TPSA) is 74.7 Å². The zero-order chi connectivity index (χ0) is 22.2. The number of hydrogen-bond acceptors (Lipinski definition) is 6. The van der Waals surface area contributed by atoms with Crippen molar-refractivity contribution >= 4 is 38.8 Å². The predicted octanol–water partition coefficient (Wildman–Crippen LogP) is 5.11. The molecule has 0 bridgehead atoms. The molecule has 2 heterocycles. The Hall–Kier alpha value is -2.55. The maximum atomic E-state index is 13.6. The summed E-state index contributed by atoms with van der Waals surface area (Å²) in [5.74, 6) is -1.39. The number of nitrogens with zero attached hydrogens (tertiary/aromatic N) is 1. The van der Waals surface area contributed by atoms with E-state index in [0.717, 1.165) is 15.3 Å². The number of rotatable bonds is 6. The third-order valence-corrected chi connectivity index (χ3v) is 8.71. The van der Waals surface area contributed by atoms with Crippen LogP contribution in [0.25, 0.3) is 0 Å². The summed E-state index contributed by atoms with van der Waals surface area (Å²) in [6.07, 6.45) is 1.95. The second-order valence-corrected chi connectivity index (χ2v) is 11.0. The fraction of sp³-hybridized carbons (Fsp3) is 0.174. The quantitative estimate of drug-likeness (QED) is 0.506. The van der Waals surface area contributed by atoms with Crippen LogP contribution in [0.4, 0.5) is 0 Å². The van der Waals surface area contributed by atoms with Crippen molar-refractivity contribution < 1.29 is 18.3 Å². The second-order valence-electron chi connectivity index (χ2n) is 7.22. The van der Waals surface area contributed by atoms with E-state index in [1.165, 1.54) is 28.4 Å². The molecule has 1 aliphatic heterocycles. The highest BCUT2D eigenvalue weighted by Crippen LogP contribution is 2.43. The zero-order valence-corrected chi connectivity index (χ0v) is 19.4. The maximum Gasteiger partial charge on any atom is 0.290 e. The van der Waals surface area contributed by atoms with E-state index in [-0.39, 0.29) is 16.3 Å². The number of thiophene rings is 1. The maximum absolute atomic E-state index is 13.6. The molecule has 8 heteroatoms. The largest absolute Gasteiger partial charge is 0.502 e. The van der Waals surface area contributed by atoms with E-state index in [9.17, 15) is 18.3 Å². The third-order valence-electron chi connectivity index (χ3n) is 5.22. The molecule has 5 nitrogen and oxygen atoms in total. The number of aliphatic hydroxyl groups excluding tert-OH is 1. The van der Waals surface area contributed by atoms with Gasteiger partial charge >= 0.3 is 0 Å². The van der Waals surface area contributed by atoms with Crippen LogP contribution in [0.3, 0.4) is 0 Å². The number of sulfone groups is 1. The molecule has 4 rings (SSSR count). The smallest absolute Gasteiger partial charge is 0.290 e. The lowest BCUT2D eigenvalue weighted by Gasteiger charge is -2.26. The van der Waals surface area contributed by atoms with Gasteiger partial charge in [-0.25, -0.2) is 8.42 Å². The fourth-order valence-corrected chi connectivity index (χ4v) is 6.36. The Morgan fingerprint density at radius 1 is 1.06 bits per heavy atom. The molecule has 0 saturated carbocycles. The molecule has 0 spiro atoms. The molecule has 1 aliphatic rings. The highest BCUT2D eigenvalue weighted by molar-refractivity contribution is 7.98. The first kappa shape index (κ1) is 21.7. The lowest BCUT2D eigenvalue weighted by atomic mass is 10.1. The average Bonchev–Trinajstić information content (AvgIpc) is 3.37. The standard InChI is InChI=1S/C23H21NO4S3/c1-15-5-11-19(12-6-15)31(27,28)22-20(16-7-9-17(29-2)10-8-16)24(23(26)21(22)25)14-18-4-3-13-30-18/h3-13,20,25H,14H2,1-2H3/t20-/m0/s1. The average molecular weight is 472 g/mol. The number of hydrogen-bond donors (Lipinski definition) is 1. The minimum absolute atomic E-state index is 0.0520. The Morgan fingerprint density at radius 2 is 1.74 bits per heavy atom. The van der Waals surface area contributed by atoms with Crippen molar-refractivity contribution in [3.05, 3.63) is 92.7 Å². The molecular weight excluding hydrogens is 450 g/mol. The number of carbonyl (C=O) groups is 1. The van der Waals surface area contributed by atoms with E-state index in [1.807, 2.05) is 55.0 Å². The van der Waals surface area contributed by atoms with Crippen molar-refractivity contribution in [2.75, 3.05) is 6.26 Å². The zero-order valence-electron chi connectivity index (χ0n) is 17.0.